The molecule has 2 aromatic rings. The van der Waals surface area contributed by atoms with Gasteiger partial charge in [-0.2, -0.15) is 9.89 Å². The number of piperidine rings is 1. The van der Waals surface area contributed by atoms with Crippen LogP contribution in [0.5, 0.6) is 5.19 Å². The average Bonchev–Trinajstić information content (AvgIpc) is 3.27. The Balaban J connectivity index is 1.57. The van der Waals surface area contributed by atoms with Gasteiger partial charge < -0.3 is 4.74 Å². The van der Waals surface area contributed by atoms with Gasteiger partial charge in [0.1, 0.15) is 17.4 Å². The van der Waals surface area contributed by atoms with E-state index in [-0.39, 0.29) is 12.2 Å². The number of rotatable bonds is 8. The first kappa shape index (κ1) is 19.5. The summed E-state index contributed by atoms with van der Waals surface area (Å²) in [6.45, 7) is 1.86. The number of hydrogen-bond donors (Lipinski definition) is 0. The van der Waals surface area contributed by atoms with E-state index in [0.717, 1.165) is 24.2 Å². The maximum Gasteiger partial charge on any atom is 0.281 e. The first-order chi connectivity index (χ1) is 12.6. The highest BCUT2D eigenvalue weighted by Crippen LogP contribution is 2.35. The Morgan fingerprint density at radius 3 is 2.77 bits per heavy atom. The number of nitrogens with zero attached hydrogens (tertiary/aromatic N) is 4. The fourth-order valence-corrected chi connectivity index (χ4v) is 4.76. The van der Waals surface area contributed by atoms with Crippen molar-refractivity contribution < 1.29 is 13.5 Å². The number of thiazole rings is 2. The number of alkyl halides is 2. The van der Waals surface area contributed by atoms with Gasteiger partial charge in [-0.3, -0.25) is 4.90 Å². The third kappa shape index (κ3) is 4.73. The standard InChI is InChI=1S/C15H17ClF2N4O2S2/c16-11-7-25-15(21-11)24-6-9-1-3-22(4-2-9)10(5-20-23)13-12(14(17)18)19-8-26-13/h7-10,14H,1-6H2. The summed E-state index contributed by atoms with van der Waals surface area (Å²) in [6.07, 6.45) is -0.962. The molecule has 0 spiro atoms. The zero-order valence-electron chi connectivity index (χ0n) is 13.7. The van der Waals surface area contributed by atoms with E-state index < -0.39 is 12.5 Å². The average molecular weight is 423 g/mol. The predicted octanol–water partition coefficient (Wildman–Crippen LogP) is 4.79. The largest absolute Gasteiger partial charge is 0.470 e. The topological polar surface area (TPSA) is 67.7 Å². The fourth-order valence-electron chi connectivity index (χ4n) is 3.04. The van der Waals surface area contributed by atoms with Crippen LogP contribution < -0.4 is 4.74 Å². The summed E-state index contributed by atoms with van der Waals surface area (Å²) in [4.78, 5) is 21.1. The molecule has 2 aromatic heterocycles. The van der Waals surface area contributed by atoms with Crippen molar-refractivity contribution in [2.45, 2.75) is 25.3 Å². The number of halogens is 3. The zero-order chi connectivity index (χ0) is 18.5. The quantitative estimate of drug-likeness (QED) is 0.572. The Labute approximate surface area is 162 Å². The second-order valence-corrected chi connectivity index (χ2v) is 8.05. The van der Waals surface area contributed by atoms with Gasteiger partial charge in [-0.15, -0.1) is 11.3 Å². The van der Waals surface area contributed by atoms with E-state index in [4.69, 9.17) is 16.3 Å². The Morgan fingerprint density at radius 2 is 2.15 bits per heavy atom. The van der Waals surface area contributed by atoms with Crippen molar-refractivity contribution in [3.8, 4) is 5.19 Å². The van der Waals surface area contributed by atoms with Crippen LogP contribution in [0.3, 0.4) is 0 Å². The molecule has 0 aliphatic carbocycles. The van der Waals surface area contributed by atoms with E-state index in [1.54, 1.807) is 5.38 Å². The van der Waals surface area contributed by atoms with Crippen molar-refractivity contribution in [3.05, 3.63) is 31.5 Å². The van der Waals surface area contributed by atoms with Crippen LogP contribution in [0, 0.1) is 10.8 Å². The van der Waals surface area contributed by atoms with Crippen LogP contribution in [0.25, 0.3) is 0 Å². The van der Waals surface area contributed by atoms with Gasteiger partial charge in [-0.25, -0.2) is 13.8 Å². The van der Waals surface area contributed by atoms with Gasteiger partial charge in [-0.1, -0.05) is 28.1 Å². The molecule has 0 saturated carbocycles. The summed E-state index contributed by atoms with van der Waals surface area (Å²) in [7, 11) is 0. The number of ether oxygens (including phenoxy) is 1. The van der Waals surface area contributed by atoms with Gasteiger partial charge in [0.05, 0.1) is 23.0 Å². The van der Waals surface area contributed by atoms with Gasteiger partial charge in [0.25, 0.3) is 11.6 Å². The van der Waals surface area contributed by atoms with E-state index in [0.29, 0.717) is 40.8 Å². The highest BCUT2D eigenvalue weighted by molar-refractivity contribution is 7.11. The lowest BCUT2D eigenvalue weighted by molar-refractivity contribution is 0.105. The molecule has 0 aromatic carbocycles. The minimum Gasteiger partial charge on any atom is -0.470 e. The van der Waals surface area contributed by atoms with Crippen LogP contribution in [0.4, 0.5) is 8.78 Å². The van der Waals surface area contributed by atoms with Gasteiger partial charge in [0.15, 0.2) is 0 Å². The van der Waals surface area contributed by atoms with Gasteiger partial charge in [-0.05, 0) is 31.8 Å². The minimum absolute atomic E-state index is 0.0549. The second kappa shape index (κ2) is 9.12. The lowest BCUT2D eigenvalue weighted by Crippen LogP contribution is -2.39. The third-order valence-corrected chi connectivity index (χ3v) is 6.39. The monoisotopic (exact) mass is 422 g/mol. The van der Waals surface area contributed by atoms with Gasteiger partial charge in [0.2, 0.25) is 0 Å². The molecule has 11 heteroatoms. The molecule has 6 nitrogen and oxygen atoms in total. The van der Waals surface area contributed by atoms with Crippen molar-refractivity contribution in [2.24, 2.45) is 11.1 Å². The van der Waals surface area contributed by atoms with Crippen LogP contribution >= 0.6 is 34.3 Å². The van der Waals surface area contributed by atoms with Crippen LogP contribution in [0.1, 0.15) is 35.9 Å². The van der Waals surface area contributed by atoms with Gasteiger partial charge >= 0.3 is 0 Å². The molecule has 0 bridgehead atoms. The molecule has 26 heavy (non-hydrogen) atoms. The van der Waals surface area contributed by atoms with E-state index in [1.165, 1.54) is 16.8 Å². The fraction of sp³-hybridized carbons (Fsp3) is 0.600. The van der Waals surface area contributed by atoms with E-state index in [9.17, 15) is 13.7 Å². The summed E-state index contributed by atoms with van der Waals surface area (Å²) in [5.74, 6) is 0.342. The summed E-state index contributed by atoms with van der Waals surface area (Å²) < 4.78 is 31.9. The van der Waals surface area contributed by atoms with Crippen LogP contribution in [-0.2, 0) is 0 Å². The minimum atomic E-state index is -2.65. The van der Waals surface area contributed by atoms with E-state index in [1.807, 2.05) is 4.90 Å². The Hall–Kier alpha value is -1.23. The number of aromatic nitrogens is 2. The first-order valence-electron chi connectivity index (χ1n) is 8.07. The SMILES string of the molecule is O=NCC(c1scnc1C(F)F)N1CCC(COc2nc(Cl)cs2)CC1. The van der Waals surface area contributed by atoms with Crippen molar-refractivity contribution in [2.75, 3.05) is 26.2 Å². The van der Waals surface area contributed by atoms with Crippen LogP contribution in [0.2, 0.25) is 5.15 Å². The maximum absolute atomic E-state index is 13.1. The molecule has 0 radical (unpaired) electrons. The smallest absolute Gasteiger partial charge is 0.281 e. The first-order valence-corrected chi connectivity index (χ1v) is 10.2. The second-order valence-electron chi connectivity index (χ2n) is 5.96. The van der Waals surface area contributed by atoms with Crippen molar-refractivity contribution >= 4 is 34.3 Å². The number of hydrogen-bond acceptors (Lipinski definition) is 8. The molecule has 1 aliphatic rings. The summed E-state index contributed by atoms with van der Waals surface area (Å²) in [5.41, 5.74) is 1.16. The Bertz CT molecular complexity index is 722. The molecule has 1 saturated heterocycles. The van der Waals surface area contributed by atoms with Crippen molar-refractivity contribution in [1.82, 2.24) is 14.9 Å². The molecule has 1 aliphatic heterocycles. The summed E-state index contributed by atoms with van der Waals surface area (Å²) >= 11 is 8.28. The molecule has 1 fully saturated rings. The lowest BCUT2D eigenvalue weighted by Gasteiger charge is -2.36. The van der Waals surface area contributed by atoms with E-state index >= 15 is 0 Å². The predicted molar refractivity (Wildman–Crippen MR) is 97.4 cm³/mol. The number of nitroso groups, excluding NO2 is 1. The molecule has 0 amide bonds. The molecule has 1 atom stereocenters. The molecule has 0 N–H and O–H groups in total. The highest BCUT2D eigenvalue weighted by Gasteiger charge is 2.31. The molecule has 1 unspecified atom stereocenters. The van der Waals surface area contributed by atoms with Crippen LogP contribution in [0.15, 0.2) is 16.1 Å². The summed E-state index contributed by atoms with van der Waals surface area (Å²) in [6, 6.07) is -0.441. The Morgan fingerprint density at radius 1 is 1.38 bits per heavy atom. The maximum atomic E-state index is 13.1. The molecule has 3 heterocycles. The number of likely N-dealkylation sites (tertiary alicyclic amines) is 1. The highest BCUT2D eigenvalue weighted by atomic mass is 35.5. The summed E-state index contributed by atoms with van der Waals surface area (Å²) in [5, 5.41) is 5.65. The molecular formula is C15H17ClF2N4O2S2. The third-order valence-electron chi connectivity index (χ3n) is 4.37. The van der Waals surface area contributed by atoms with Crippen molar-refractivity contribution in [3.63, 3.8) is 0 Å². The van der Waals surface area contributed by atoms with E-state index in [2.05, 4.69) is 15.1 Å². The Kier molecular flexibility index (Phi) is 6.85. The van der Waals surface area contributed by atoms with Gasteiger partial charge in [0, 0.05) is 5.38 Å². The normalized spacial score (nSPS) is 17.5. The lowest BCUT2D eigenvalue weighted by atomic mass is 9.96. The van der Waals surface area contributed by atoms with Crippen molar-refractivity contribution in [1.29, 1.82) is 0 Å². The molecular weight excluding hydrogens is 406 g/mol. The van der Waals surface area contributed by atoms with Crippen LogP contribution in [-0.4, -0.2) is 41.1 Å². The molecule has 142 valence electrons. The molecule has 3 rings (SSSR count). The zero-order valence-corrected chi connectivity index (χ0v) is 16.1.